The minimum absolute atomic E-state index is 0. The Morgan fingerprint density at radius 1 is 1.10 bits per heavy atom. The van der Waals surface area contributed by atoms with Gasteiger partial charge in [0, 0.05) is 26.2 Å². The van der Waals surface area contributed by atoms with Crippen molar-refractivity contribution in [2.45, 2.75) is 32.4 Å². The van der Waals surface area contributed by atoms with Crippen molar-refractivity contribution in [1.29, 1.82) is 0 Å². The molecule has 21 heavy (non-hydrogen) atoms. The molecule has 2 aliphatic rings. The average Bonchev–Trinajstić information content (AvgIpc) is 3.00. The molecule has 1 aromatic carbocycles. The van der Waals surface area contributed by atoms with E-state index in [4.69, 9.17) is 0 Å². The van der Waals surface area contributed by atoms with Gasteiger partial charge in [0.1, 0.15) is 0 Å². The lowest BCUT2D eigenvalue weighted by molar-refractivity contribution is 0.330. The van der Waals surface area contributed by atoms with E-state index in [9.17, 15) is 0 Å². The predicted molar refractivity (Wildman–Crippen MR) is 98.1 cm³/mol. The van der Waals surface area contributed by atoms with Crippen molar-refractivity contribution in [1.82, 2.24) is 15.5 Å². The average molecular weight is 400 g/mol. The molecule has 1 saturated heterocycles. The first kappa shape index (κ1) is 16.5. The van der Waals surface area contributed by atoms with Crippen LogP contribution < -0.4 is 10.6 Å². The van der Waals surface area contributed by atoms with Crippen molar-refractivity contribution in [2.24, 2.45) is 4.99 Å². The zero-order chi connectivity index (χ0) is 13.6. The molecule has 0 spiro atoms. The number of hydrogen-bond donors (Lipinski definition) is 2. The van der Waals surface area contributed by atoms with Gasteiger partial charge in [-0.25, -0.2) is 0 Å². The maximum Gasteiger partial charge on any atom is 0.191 e. The van der Waals surface area contributed by atoms with E-state index in [0.29, 0.717) is 0 Å². The van der Waals surface area contributed by atoms with Gasteiger partial charge in [0.15, 0.2) is 5.96 Å². The number of nitrogens with one attached hydrogen (secondary N) is 2. The second-order valence-corrected chi connectivity index (χ2v) is 5.62. The summed E-state index contributed by atoms with van der Waals surface area (Å²) in [5.41, 5.74) is 2.83. The van der Waals surface area contributed by atoms with Gasteiger partial charge in [0.05, 0.1) is 0 Å². The fraction of sp³-hybridized carbons (Fsp3) is 0.562. The molecular formula is C16H25IN4. The number of halogens is 1. The monoisotopic (exact) mass is 400 g/mol. The Morgan fingerprint density at radius 3 is 2.57 bits per heavy atom. The Kier molecular flexibility index (Phi) is 6.76. The lowest BCUT2D eigenvalue weighted by atomic mass is 10.1. The van der Waals surface area contributed by atoms with Crippen molar-refractivity contribution < 1.29 is 0 Å². The van der Waals surface area contributed by atoms with E-state index >= 15 is 0 Å². The molecule has 0 aromatic heterocycles. The second kappa shape index (κ2) is 8.58. The molecule has 0 amide bonds. The van der Waals surface area contributed by atoms with Crippen LogP contribution in [0.4, 0.5) is 0 Å². The van der Waals surface area contributed by atoms with Gasteiger partial charge in [-0.05, 0) is 43.5 Å². The van der Waals surface area contributed by atoms with Gasteiger partial charge in [-0.2, -0.15) is 0 Å². The van der Waals surface area contributed by atoms with Crippen LogP contribution in [-0.2, 0) is 13.1 Å². The van der Waals surface area contributed by atoms with Gasteiger partial charge >= 0.3 is 0 Å². The predicted octanol–water partition coefficient (Wildman–Crippen LogP) is 2.34. The highest BCUT2D eigenvalue weighted by Crippen LogP contribution is 2.16. The van der Waals surface area contributed by atoms with Crippen LogP contribution in [-0.4, -0.2) is 37.0 Å². The highest BCUT2D eigenvalue weighted by molar-refractivity contribution is 14.0. The molecule has 0 unspecified atom stereocenters. The molecule has 2 N–H and O–H groups in total. The van der Waals surface area contributed by atoms with Crippen LogP contribution in [0.3, 0.4) is 0 Å². The Morgan fingerprint density at radius 2 is 1.86 bits per heavy atom. The summed E-state index contributed by atoms with van der Waals surface area (Å²) in [6.45, 7) is 6.39. The zero-order valence-corrected chi connectivity index (χ0v) is 14.8. The molecule has 2 heterocycles. The maximum absolute atomic E-state index is 4.46. The molecule has 1 fully saturated rings. The Balaban J connectivity index is 0.00000161. The minimum atomic E-state index is 0. The highest BCUT2D eigenvalue weighted by atomic mass is 127. The third-order valence-corrected chi connectivity index (χ3v) is 4.05. The maximum atomic E-state index is 4.46. The van der Waals surface area contributed by atoms with Gasteiger partial charge in [-0.3, -0.25) is 9.89 Å². The third-order valence-electron chi connectivity index (χ3n) is 4.05. The minimum Gasteiger partial charge on any atom is -0.356 e. The molecule has 5 heteroatoms. The molecule has 0 atom stereocenters. The summed E-state index contributed by atoms with van der Waals surface area (Å²) in [6, 6.07) is 8.75. The fourth-order valence-electron chi connectivity index (χ4n) is 2.90. The zero-order valence-electron chi connectivity index (χ0n) is 12.5. The van der Waals surface area contributed by atoms with Crippen LogP contribution in [0.2, 0.25) is 0 Å². The first-order valence-corrected chi connectivity index (χ1v) is 7.73. The third kappa shape index (κ3) is 4.85. The van der Waals surface area contributed by atoms with Gasteiger partial charge in [0.2, 0.25) is 0 Å². The molecule has 116 valence electrons. The number of hydrogen-bond acceptors (Lipinski definition) is 4. The smallest absolute Gasteiger partial charge is 0.191 e. The van der Waals surface area contributed by atoms with Gasteiger partial charge < -0.3 is 10.6 Å². The quantitative estimate of drug-likeness (QED) is 0.763. The van der Waals surface area contributed by atoms with Crippen LogP contribution in [0.25, 0.3) is 0 Å². The Bertz CT molecular complexity index is 469. The number of guanidine groups is 1. The van der Waals surface area contributed by atoms with Crippen LogP contribution >= 0.6 is 24.0 Å². The number of benzene rings is 1. The fourth-order valence-corrected chi connectivity index (χ4v) is 2.90. The second-order valence-electron chi connectivity index (χ2n) is 5.62. The molecule has 0 aliphatic carbocycles. The SMILES string of the molecule is I.c1ccc(CN2CCCC2)c(CNC2=NCCCN2)c1. The molecule has 0 saturated carbocycles. The summed E-state index contributed by atoms with van der Waals surface area (Å²) in [6.07, 6.45) is 3.83. The van der Waals surface area contributed by atoms with E-state index in [1.54, 1.807) is 0 Å². The summed E-state index contributed by atoms with van der Waals surface area (Å²) in [4.78, 5) is 7.01. The van der Waals surface area contributed by atoms with Gasteiger partial charge in [-0.1, -0.05) is 24.3 Å². The van der Waals surface area contributed by atoms with Crippen molar-refractivity contribution in [3.05, 3.63) is 35.4 Å². The lowest BCUT2D eigenvalue weighted by Crippen LogP contribution is -2.40. The largest absolute Gasteiger partial charge is 0.356 e. The molecular weight excluding hydrogens is 375 g/mol. The molecule has 1 aromatic rings. The van der Waals surface area contributed by atoms with Crippen molar-refractivity contribution in [3.8, 4) is 0 Å². The number of likely N-dealkylation sites (tertiary alicyclic amines) is 1. The van der Waals surface area contributed by atoms with Gasteiger partial charge in [0.25, 0.3) is 0 Å². The molecule has 4 nitrogen and oxygen atoms in total. The first-order valence-electron chi connectivity index (χ1n) is 7.73. The first-order chi connectivity index (χ1) is 9.92. The Labute approximate surface area is 144 Å². The van der Waals surface area contributed by atoms with Crippen LogP contribution in [0.15, 0.2) is 29.3 Å². The van der Waals surface area contributed by atoms with E-state index in [1.165, 1.54) is 37.1 Å². The van der Waals surface area contributed by atoms with E-state index < -0.39 is 0 Å². The summed E-state index contributed by atoms with van der Waals surface area (Å²) in [5.74, 6) is 0.951. The molecule has 0 bridgehead atoms. The standard InChI is InChI=1S/C16H24N4.HI/c1-2-7-15(13-20-10-3-4-11-20)14(6-1)12-19-16-17-8-5-9-18-16;/h1-2,6-7H,3-5,8-13H2,(H2,17,18,19);1H. The Hall–Kier alpha value is -0.820. The van der Waals surface area contributed by atoms with E-state index in [0.717, 1.165) is 38.6 Å². The summed E-state index contributed by atoms with van der Waals surface area (Å²) in [5, 5.41) is 6.73. The van der Waals surface area contributed by atoms with E-state index in [2.05, 4.69) is 44.8 Å². The number of rotatable bonds is 4. The van der Waals surface area contributed by atoms with Crippen LogP contribution in [0.5, 0.6) is 0 Å². The van der Waals surface area contributed by atoms with Crippen molar-refractivity contribution in [3.63, 3.8) is 0 Å². The summed E-state index contributed by atoms with van der Waals surface area (Å²) in [7, 11) is 0. The van der Waals surface area contributed by atoms with Crippen LogP contribution in [0, 0.1) is 0 Å². The highest BCUT2D eigenvalue weighted by Gasteiger charge is 2.13. The molecule has 3 rings (SSSR count). The van der Waals surface area contributed by atoms with Crippen LogP contribution in [0.1, 0.15) is 30.4 Å². The van der Waals surface area contributed by atoms with E-state index in [1.807, 2.05) is 0 Å². The normalized spacial score (nSPS) is 18.6. The lowest BCUT2D eigenvalue weighted by Gasteiger charge is -2.19. The van der Waals surface area contributed by atoms with Crippen molar-refractivity contribution in [2.75, 3.05) is 26.2 Å². The topological polar surface area (TPSA) is 39.7 Å². The number of aliphatic imine (C=N–C) groups is 1. The van der Waals surface area contributed by atoms with Crippen molar-refractivity contribution >= 4 is 29.9 Å². The van der Waals surface area contributed by atoms with E-state index in [-0.39, 0.29) is 24.0 Å². The molecule has 0 radical (unpaired) electrons. The van der Waals surface area contributed by atoms with Gasteiger partial charge in [-0.15, -0.1) is 24.0 Å². The number of nitrogens with zero attached hydrogens (tertiary/aromatic N) is 2. The summed E-state index contributed by atoms with van der Waals surface area (Å²) >= 11 is 0. The molecule has 2 aliphatic heterocycles. The summed E-state index contributed by atoms with van der Waals surface area (Å²) < 4.78 is 0.